The van der Waals surface area contributed by atoms with E-state index >= 15 is 0 Å². The summed E-state index contributed by atoms with van der Waals surface area (Å²) in [4.78, 5) is 14.5. The van der Waals surface area contributed by atoms with Crippen LogP contribution in [0, 0.1) is 11.8 Å². The smallest absolute Gasteiger partial charge is 0.224 e. The zero-order valence-corrected chi connectivity index (χ0v) is 12.8. The van der Waals surface area contributed by atoms with Gasteiger partial charge in [-0.05, 0) is 44.1 Å². The van der Waals surface area contributed by atoms with Crippen LogP contribution >= 0.6 is 0 Å². The largest absolute Gasteiger partial charge is 0.342 e. The maximum atomic E-state index is 12.5. The van der Waals surface area contributed by atoms with Crippen molar-refractivity contribution >= 4 is 5.91 Å². The van der Waals surface area contributed by atoms with Crippen LogP contribution in [0.15, 0.2) is 0 Å². The lowest BCUT2D eigenvalue weighted by atomic mass is 9.84. The zero-order chi connectivity index (χ0) is 13.8. The molecule has 4 atom stereocenters. The Morgan fingerprint density at radius 3 is 2.47 bits per heavy atom. The fourth-order valence-corrected chi connectivity index (χ4v) is 3.78. The predicted octanol–water partition coefficient (Wildman–Crippen LogP) is 2.80. The Balaban J connectivity index is 1.87. The lowest BCUT2D eigenvalue weighted by Crippen LogP contribution is -2.47. The summed E-state index contributed by atoms with van der Waals surface area (Å²) in [6.45, 7) is 5.65. The highest BCUT2D eigenvalue weighted by molar-refractivity contribution is 5.77. The lowest BCUT2D eigenvalue weighted by Gasteiger charge is -2.38. The molecule has 3 nitrogen and oxygen atoms in total. The van der Waals surface area contributed by atoms with Crippen LogP contribution in [0.4, 0.5) is 0 Å². The molecule has 2 fully saturated rings. The van der Waals surface area contributed by atoms with Gasteiger partial charge in [0.05, 0.1) is 0 Å². The molecule has 0 aromatic carbocycles. The number of hydrogen-bond donors (Lipinski definition) is 1. The minimum absolute atomic E-state index is 0.338. The SMILES string of the molecule is CC1CCCNC1CC(=O)N(C)C1CCCCC1C. The van der Waals surface area contributed by atoms with Gasteiger partial charge in [-0.15, -0.1) is 0 Å². The van der Waals surface area contributed by atoms with Crippen molar-refractivity contribution in [2.45, 2.75) is 70.9 Å². The molecule has 1 heterocycles. The topological polar surface area (TPSA) is 32.3 Å². The van der Waals surface area contributed by atoms with Crippen LogP contribution in [0.3, 0.4) is 0 Å². The monoisotopic (exact) mass is 266 g/mol. The number of nitrogens with zero attached hydrogens (tertiary/aromatic N) is 1. The van der Waals surface area contributed by atoms with Crippen LogP contribution in [0.25, 0.3) is 0 Å². The molecule has 0 bridgehead atoms. The van der Waals surface area contributed by atoms with Crippen LogP contribution in [0.5, 0.6) is 0 Å². The second-order valence-corrected chi connectivity index (χ2v) is 6.72. The number of carbonyl (C=O) groups is 1. The fourth-order valence-electron chi connectivity index (χ4n) is 3.78. The Labute approximate surface area is 118 Å². The highest BCUT2D eigenvalue weighted by Gasteiger charge is 2.30. The molecule has 1 aliphatic carbocycles. The van der Waals surface area contributed by atoms with Crippen LogP contribution in [0.1, 0.15) is 58.8 Å². The molecule has 110 valence electrons. The van der Waals surface area contributed by atoms with E-state index in [-0.39, 0.29) is 0 Å². The van der Waals surface area contributed by atoms with Gasteiger partial charge in [0.15, 0.2) is 0 Å². The third kappa shape index (κ3) is 3.71. The fraction of sp³-hybridized carbons (Fsp3) is 0.938. The van der Waals surface area contributed by atoms with E-state index in [0.29, 0.717) is 36.2 Å². The van der Waals surface area contributed by atoms with Gasteiger partial charge in [-0.3, -0.25) is 4.79 Å². The quantitative estimate of drug-likeness (QED) is 0.852. The molecule has 1 amide bonds. The maximum Gasteiger partial charge on any atom is 0.224 e. The van der Waals surface area contributed by atoms with Crippen molar-refractivity contribution in [3.05, 3.63) is 0 Å². The summed E-state index contributed by atoms with van der Waals surface area (Å²) >= 11 is 0. The Kier molecular flexibility index (Phi) is 5.26. The average molecular weight is 266 g/mol. The summed E-state index contributed by atoms with van der Waals surface area (Å²) in [5.74, 6) is 1.64. The normalized spacial score (nSPS) is 35.9. The van der Waals surface area contributed by atoms with Gasteiger partial charge in [-0.1, -0.05) is 26.7 Å². The van der Waals surface area contributed by atoms with Gasteiger partial charge >= 0.3 is 0 Å². The lowest BCUT2D eigenvalue weighted by molar-refractivity contribution is -0.134. The van der Waals surface area contributed by atoms with E-state index in [9.17, 15) is 4.79 Å². The first-order chi connectivity index (χ1) is 9.09. The van der Waals surface area contributed by atoms with E-state index in [0.717, 1.165) is 6.54 Å². The Hall–Kier alpha value is -0.570. The maximum absolute atomic E-state index is 12.5. The van der Waals surface area contributed by atoms with Crippen LogP contribution in [-0.2, 0) is 4.79 Å². The molecule has 0 aromatic heterocycles. The number of nitrogens with one attached hydrogen (secondary N) is 1. The molecule has 1 saturated heterocycles. The molecule has 0 spiro atoms. The van der Waals surface area contributed by atoms with Gasteiger partial charge < -0.3 is 10.2 Å². The predicted molar refractivity (Wildman–Crippen MR) is 79.0 cm³/mol. The van der Waals surface area contributed by atoms with Crippen molar-refractivity contribution in [2.75, 3.05) is 13.6 Å². The third-order valence-corrected chi connectivity index (χ3v) is 5.28. The third-order valence-electron chi connectivity index (χ3n) is 5.28. The summed E-state index contributed by atoms with van der Waals surface area (Å²) < 4.78 is 0. The second kappa shape index (κ2) is 6.74. The van der Waals surface area contributed by atoms with E-state index in [4.69, 9.17) is 0 Å². The molecule has 3 heteroatoms. The number of piperidine rings is 1. The molecule has 2 aliphatic rings. The van der Waals surface area contributed by atoms with Crippen molar-refractivity contribution in [1.82, 2.24) is 10.2 Å². The van der Waals surface area contributed by atoms with Crippen LogP contribution < -0.4 is 5.32 Å². The summed E-state index contributed by atoms with van der Waals surface area (Å²) in [7, 11) is 2.02. The Morgan fingerprint density at radius 1 is 1.11 bits per heavy atom. The minimum atomic E-state index is 0.338. The molecule has 0 radical (unpaired) electrons. The summed E-state index contributed by atoms with van der Waals surface area (Å²) in [5.41, 5.74) is 0. The molecular weight excluding hydrogens is 236 g/mol. The van der Waals surface area contributed by atoms with Gasteiger partial charge in [-0.25, -0.2) is 0 Å². The molecular formula is C16H30N2O. The van der Waals surface area contributed by atoms with Gasteiger partial charge in [0, 0.05) is 25.6 Å². The number of carbonyl (C=O) groups excluding carboxylic acids is 1. The molecule has 1 aliphatic heterocycles. The second-order valence-electron chi connectivity index (χ2n) is 6.72. The first-order valence-electron chi connectivity index (χ1n) is 8.08. The summed E-state index contributed by atoms with van der Waals surface area (Å²) in [5, 5.41) is 3.52. The summed E-state index contributed by atoms with van der Waals surface area (Å²) in [6.07, 6.45) is 8.28. The first kappa shape index (κ1) is 14.8. The summed E-state index contributed by atoms with van der Waals surface area (Å²) in [6, 6.07) is 0.864. The van der Waals surface area contributed by atoms with Crippen molar-refractivity contribution in [3.63, 3.8) is 0 Å². The molecule has 2 rings (SSSR count). The van der Waals surface area contributed by atoms with Crippen LogP contribution in [-0.4, -0.2) is 36.5 Å². The van der Waals surface area contributed by atoms with E-state index in [1.54, 1.807) is 0 Å². The molecule has 1 saturated carbocycles. The van der Waals surface area contributed by atoms with Crippen molar-refractivity contribution < 1.29 is 4.79 Å². The standard InChI is InChI=1S/C16H30N2O/c1-12-8-6-10-17-14(12)11-16(19)18(3)15-9-5-4-7-13(15)2/h12-15,17H,4-11H2,1-3H3. The van der Waals surface area contributed by atoms with E-state index in [2.05, 4.69) is 19.2 Å². The first-order valence-corrected chi connectivity index (χ1v) is 8.08. The van der Waals surface area contributed by atoms with Crippen LogP contribution in [0.2, 0.25) is 0 Å². The highest BCUT2D eigenvalue weighted by atomic mass is 16.2. The number of amides is 1. The minimum Gasteiger partial charge on any atom is -0.342 e. The average Bonchev–Trinajstić information content (AvgIpc) is 2.41. The van der Waals surface area contributed by atoms with Crippen molar-refractivity contribution in [3.8, 4) is 0 Å². The van der Waals surface area contributed by atoms with Crippen molar-refractivity contribution in [1.29, 1.82) is 0 Å². The Morgan fingerprint density at radius 2 is 1.79 bits per heavy atom. The van der Waals surface area contributed by atoms with Crippen molar-refractivity contribution in [2.24, 2.45) is 11.8 Å². The number of rotatable bonds is 3. The molecule has 19 heavy (non-hydrogen) atoms. The molecule has 1 N–H and O–H groups in total. The number of hydrogen-bond acceptors (Lipinski definition) is 2. The van der Waals surface area contributed by atoms with E-state index < -0.39 is 0 Å². The van der Waals surface area contributed by atoms with E-state index in [1.165, 1.54) is 38.5 Å². The van der Waals surface area contributed by atoms with Gasteiger partial charge in [0.25, 0.3) is 0 Å². The zero-order valence-electron chi connectivity index (χ0n) is 12.8. The molecule has 0 aromatic rings. The van der Waals surface area contributed by atoms with Gasteiger partial charge in [0.2, 0.25) is 5.91 Å². The van der Waals surface area contributed by atoms with Gasteiger partial charge in [0.1, 0.15) is 0 Å². The highest BCUT2D eigenvalue weighted by Crippen LogP contribution is 2.28. The molecule has 4 unspecified atom stereocenters. The Bertz CT molecular complexity index is 305. The van der Waals surface area contributed by atoms with E-state index in [1.807, 2.05) is 11.9 Å². The van der Waals surface area contributed by atoms with Gasteiger partial charge in [-0.2, -0.15) is 0 Å².